The van der Waals surface area contributed by atoms with Crippen LogP contribution in [0.2, 0.25) is 0 Å². The zero-order valence-electron chi connectivity index (χ0n) is 6.77. The van der Waals surface area contributed by atoms with Crippen LogP contribution in [0.25, 0.3) is 0 Å². The van der Waals surface area contributed by atoms with Crippen LogP contribution in [-0.2, 0) is 7.05 Å². The number of hydrogen-bond acceptors (Lipinski definition) is 3. The standard InChI is InChI=1S/C6H10N4O/c1-9(2)6(11)5-7-4-8-10(5)3/h4H,1-3H3. The van der Waals surface area contributed by atoms with Gasteiger partial charge < -0.3 is 4.90 Å². The summed E-state index contributed by atoms with van der Waals surface area (Å²) in [6.45, 7) is 0. The predicted molar refractivity (Wildman–Crippen MR) is 39.0 cm³/mol. The average Bonchev–Trinajstić information content (AvgIpc) is 2.33. The third-order valence-corrected chi connectivity index (χ3v) is 1.31. The summed E-state index contributed by atoms with van der Waals surface area (Å²) >= 11 is 0. The number of aryl methyl sites for hydroxylation is 1. The quantitative estimate of drug-likeness (QED) is 0.548. The van der Waals surface area contributed by atoms with Crippen LogP contribution in [0.1, 0.15) is 10.6 Å². The highest BCUT2D eigenvalue weighted by atomic mass is 16.2. The van der Waals surface area contributed by atoms with Gasteiger partial charge in [0.15, 0.2) is 0 Å². The Bertz CT molecular complexity index is 265. The summed E-state index contributed by atoms with van der Waals surface area (Å²) in [5.41, 5.74) is 0. The molecule has 0 spiro atoms. The molecule has 60 valence electrons. The van der Waals surface area contributed by atoms with Crippen molar-refractivity contribution in [1.82, 2.24) is 19.7 Å². The van der Waals surface area contributed by atoms with Gasteiger partial charge in [0.05, 0.1) is 0 Å². The Hall–Kier alpha value is -1.39. The number of carbonyl (C=O) groups is 1. The van der Waals surface area contributed by atoms with Gasteiger partial charge in [-0.25, -0.2) is 9.67 Å². The minimum absolute atomic E-state index is 0.134. The number of amides is 1. The van der Waals surface area contributed by atoms with Crippen LogP contribution >= 0.6 is 0 Å². The Labute approximate surface area is 64.6 Å². The van der Waals surface area contributed by atoms with Crippen LogP contribution in [0.5, 0.6) is 0 Å². The summed E-state index contributed by atoms with van der Waals surface area (Å²) in [5, 5.41) is 3.78. The molecular weight excluding hydrogens is 144 g/mol. The first-order valence-electron chi connectivity index (χ1n) is 3.18. The first-order chi connectivity index (χ1) is 5.13. The molecule has 0 aliphatic rings. The van der Waals surface area contributed by atoms with Gasteiger partial charge in [-0.05, 0) is 0 Å². The van der Waals surface area contributed by atoms with Crippen LogP contribution in [0.3, 0.4) is 0 Å². The molecule has 1 rings (SSSR count). The summed E-state index contributed by atoms with van der Waals surface area (Å²) in [6, 6.07) is 0. The van der Waals surface area contributed by atoms with Crippen LogP contribution < -0.4 is 0 Å². The van der Waals surface area contributed by atoms with Crippen LogP contribution in [0.15, 0.2) is 6.33 Å². The highest BCUT2D eigenvalue weighted by Crippen LogP contribution is 1.93. The highest BCUT2D eigenvalue weighted by molar-refractivity contribution is 5.90. The van der Waals surface area contributed by atoms with Gasteiger partial charge in [0.25, 0.3) is 5.91 Å². The fraction of sp³-hybridized carbons (Fsp3) is 0.500. The fourth-order valence-corrected chi connectivity index (χ4v) is 0.690. The van der Waals surface area contributed by atoms with Crippen molar-refractivity contribution >= 4 is 5.91 Å². The second-order valence-corrected chi connectivity index (χ2v) is 2.41. The molecule has 0 atom stereocenters. The predicted octanol–water partition coefficient (Wildman–Crippen LogP) is -0.483. The maximum absolute atomic E-state index is 11.2. The van der Waals surface area contributed by atoms with E-state index in [4.69, 9.17) is 0 Å². The lowest BCUT2D eigenvalue weighted by Crippen LogP contribution is -2.25. The number of carbonyl (C=O) groups excluding carboxylic acids is 1. The lowest BCUT2D eigenvalue weighted by molar-refractivity contribution is 0.0811. The van der Waals surface area contributed by atoms with Gasteiger partial charge in [-0.1, -0.05) is 0 Å². The third-order valence-electron chi connectivity index (χ3n) is 1.31. The fourth-order valence-electron chi connectivity index (χ4n) is 0.690. The molecule has 5 nitrogen and oxygen atoms in total. The van der Waals surface area contributed by atoms with Gasteiger partial charge in [-0.2, -0.15) is 5.10 Å². The Morgan fingerprint density at radius 3 is 2.64 bits per heavy atom. The monoisotopic (exact) mass is 154 g/mol. The van der Waals surface area contributed by atoms with Gasteiger partial charge in [-0.15, -0.1) is 0 Å². The van der Waals surface area contributed by atoms with E-state index in [1.165, 1.54) is 15.9 Å². The largest absolute Gasteiger partial charge is 0.342 e. The van der Waals surface area contributed by atoms with Crippen molar-refractivity contribution in [3.05, 3.63) is 12.2 Å². The van der Waals surface area contributed by atoms with Crippen molar-refractivity contribution < 1.29 is 4.79 Å². The Morgan fingerprint density at radius 1 is 1.64 bits per heavy atom. The molecule has 0 bridgehead atoms. The molecule has 0 aromatic carbocycles. The molecule has 1 heterocycles. The molecule has 11 heavy (non-hydrogen) atoms. The van der Waals surface area contributed by atoms with Crippen LogP contribution in [0, 0.1) is 0 Å². The van der Waals surface area contributed by atoms with E-state index in [-0.39, 0.29) is 5.91 Å². The molecule has 1 aromatic rings. The molecule has 0 radical (unpaired) electrons. The van der Waals surface area contributed by atoms with Crippen LogP contribution in [-0.4, -0.2) is 39.7 Å². The Kier molecular flexibility index (Phi) is 1.89. The summed E-state index contributed by atoms with van der Waals surface area (Å²) in [5.74, 6) is 0.222. The molecule has 0 aliphatic heterocycles. The van der Waals surface area contributed by atoms with Crippen LogP contribution in [0.4, 0.5) is 0 Å². The van der Waals surface area contributed by atoms with E-state index in [0.717, 1.165) is 0 Å². The molecule has 0 unspecified atom stereocenters. The minimum atomic E-state index is -0.134. The first kappa shape index (κ1) is 7.71. The molecule has 1 aromatic heterocycles. The summed E-state index contributed by atoms with van der Waals surface area (Å²) in [7, 11) is 5.04. The smallest absolute Gasteiger partial charge is 0.290 e. The molecular formula is C6H10N4O. The first-order valence-corrected chi connectivity index (χ1v) is 3.18. The van der Waals surface area contributed by atoms with E-state index in [9.17, 15) is 4.79 Å². The molecule has 1 amide bonds. The summed E-state index contributed by atoms with van der Waals surface area (Å²) in [4.78, 5) is 16.5. The molecule has 0 aliphatic carbocycles. The topological polar surface area (TPSA) is 51.0 Å². The second kappa shape index (κ2) is 2.69. The number of nitrogens with zero attached hydrogens (tertiary/aromatic N) is 4. The van der Waals surface area contributed by atoms with Gasteiger partial charge in [0, 0.05) is 21.1 Å². The zero-order valence-corrected chi connectivity index (χ0v) is 6.77. The van der Waals surface area contributed by atoms with Gasteiger partial charge in [-0.3, -0.25) is 4.79 Å². The zero-order chi connectivity index (χ0) is 8.43. The molecule has 0 fully saturated rings. The van der Waals surface area contributed by atoms with E-state index in [1.54, 1.807) is 21.1 Å². The van der Waals surface area contributed by atoms with Gasteiger partial charge in [0.2, 0.25) is 5.82 Å². The minimum Gasteiger partial charge on any atom is -0.342 e. The van der Waals surface area contributed by atoms with Crippen molar-refractivity contribution in [2.45, 2.75) is 0 Å². The molecule has 0 saturated carbocycles. The van der Waals surface area contributed by atoms with E-state index < -0.39 is 0 Å². The van der Waals surface area contributed by atoms with E-state index >= 15 is 0 Å². The van der Waals surface area contributed by atoms with E-state index in [2.05, 4.69) is 10.1 Å². The van der Waals surface area contributed by atoms with Crippen molar-refractivity contribution in [2.75, 3.05) is 14.1 Å². The Balaban J connectivity index is 2.93. The van der Waals surface area contributed by atoms with Gasteiger partial charge >= 0.3 is 0 Å². The van der Waals surface area contributed by atoms with E-state index in [0.29, 0.717) is 5.82 Å². The Morgan fingerprint density at radius 2 is 2.27 bits per heavy atom. The van der Waals surface area contributed by atoms with E-state index in [1.807, 2.05) is 0 Å². The van der Waals surface area contributed by atoms with Crippen molar-refractivity contribution in [3.63, 3.8) is 0 Å². The van der Waals surface area contributed by atoms with Crippen molar-refractivity contribution in [1.29, 1.82) is 0 Å². The normalized spacial score (nSPS) is 9.73. The summed E-state index contributed by atoms with van der Waals surface area (Å²) < 4.78 is 1.45. The van der Waals surface area contributed by atoms with Crippen molar-refractivity contribution in [2.24, 2.45) is 7.05 Å². The summed E-state index contributed by atoms with van der Waals surface area (Å²) in [6.07, 6.45) is 1.36. The number of rotatable bonds is 1. The molecule has 0 saturated heterocycles. The number of aromatic nitrogens is 3. The maximum Gasteiger partial charge on any atom is 0.290 e. The van der Waals surface area contributed by atoms with Gasteiger partial charge in [0.1, 0.15) is 6.33 Å². The number of hydrogen-bond donors (Lipinski definition) is 0. The van der Waals surface area contributed by atoms with Crippen molar-refractivity contribution in [3.8, 4) is 0 Å². The lowest BCUT2D eigenvalue weighted by Gasteiger charge is -2.07. The SMILES string of the molecule is CN(C)C(=O)c1ncnn1C. The maximum atomic E-state index is 11.2. The average molecular weight is 154 g/mol. The lowest BCUT2D eigenvalue weighted by atomic mass is 10.5. The molecule has 5 heteroatoms. The highest BCUT2D eigenvalue weighted by Gasteiger charge is 2.12. The second-order valence-electron chi connectivity index (χ2n) is 2.41. The molecule has 0 N–H and O–H groups in total. The third kappa shape index (κ3) is 1.36.